The van der Waals surface area contributed by atoms with Crippen molar-refractivity contribution in [3.8, 4) is 5.75 Å². The van der Waals surface area contributed by atoms with Crippen LogP contribution in [0, 0.1) is 0 Å². The molecule has 2 rings (SSSR count). The molecule has 0 atom stereocenters. The van der Waals surface area contributed by atoms with Crippen LogP contribution in [-0.4, -0.2) is 36.3 Å². The molecule has 0 saturated carbocycles. The molecule has 0 amide bonds. The highest BCUT2D eigenvalue weighted by atomic mass is 79.9. The van der Waals surface area contributed by atoms with Crippen molar-refractivity contribution >= 4 is 21.9 Å². The number of carbonyl (C=O) groups excluding carboxylic acids is 1. The number of hydrogen-bond donors (Lipinski definition) is 1. The van der Waals surface area contributed by atoms with Crippen LogP contribution in [0.2, 0.25) is 0 Å². The molecule has 1 aromatic carbocycles. The summed E-state index contributed by atoms with van der Waals surface area (Å²) in [5, 5.41) is 1.41. The van der Waals surface area contributed by atoms with E-state index in [-0.39, 0.29) is 6.10 Å². The molecule has 1 aliphatic heterocycles. The van der Waals surface area contributed by atoms with Crippen LogP contribution < -0.4 is 10.3 Å². The van der Waals surface area contributed by atoms with E-state index in [9.17, 15) is 18.0 Å². The van der Waals surface area contributed by atoms with Crippen molar-refractivity contribution < 1.29 is 27.5 Å². The van der Waals surface area contributed by atoms with E-state index in [0.717, 1.165) is 10.2 Å². The molecule has 0 aliphatic carbocycles. The van der Waals surface area contributed by atoms with Crippen molar-refractivity contribution in [2.24, 2.45) is 0 Å². The number of nitrogens with one attached hydrogen (secondary N) is 1. The molecule has 1 saturated heterocycles. The molecule has 5 nitrogen and oxygen atoms in total. The SMILES string of the molecule is O=C(ONN1CCC(Oc2ccccc2Br)CC1)C(F)(F)F. The molecule has 0 radical (unpaired) electrons. The molecule has 9 heteroatoms. The van der Waals surface area contributed by atoms with E-state index in [2.05, 4.69) is 20.8 Å². The lowest BCUT2D eigenvalue weighted by Crippen LogP contribution is -2.48. The van der Waals surface area contributed by atoms with Gasteiger partial charge in [0.15, 0.2) is 0 Å². The van der Waals surface area contributed by atoms with E-state index < -0.39 is 12.1 Å². The fraction of sp³-hybridized carbons (Fsp3) is 0.462. The summed E-state index contributed by atoms with van der Waals surface area (Å²) in [6.45, 7) is 0.806. The maximum absolute atomic E-state index is 12.0. The molecule has 1 fully saturated rings. The van der Waals surface area contributed by atoms with Crippen molar-refractivity contribution in [3.63, 3.8) is 0 Å². The second-order valence-electron chi connectivity index (χ2n) is 4.71. The Morgan fingerprint density at radius 1 is 1.27 bits per heavy atom. The third-order valence-corrected chi connectivity index (χ3v) is 3.73. The maximum atomic E-state index is 12.0. The van der Waals surface area contributed by atoms with Crippen LogP contribution >= 0.6 is 15.9 Å². The number of benzene rings is 1. The zero-order valence-electron chi connectivity index (χ0n) is 11.4. The smallest absolute Gasteiger partial charge is 0.489 e. The zero-order valence-corrected chi connectivity index (χ0v) is 13.0. The first-order chi connectivity index (χ1) is 10.4. The number of ether oxygens (including phenoxy) is 1. The van der Waals surface area contributed by atoms with Crippen molar-refractivity contribution in [2.75, 3.05) is 13.1 Å². The van der Waals surface area contributed by atoms with Gasteiger partial charge in [0.05, 0.1) is 4.47 Å². The summed E-state index contributed by atoms with van der Waals surface area (Å²) in [6.07, 6.45) is -3.86. The molecule has 22 heavy (non-hydrogen) atoms. The summed E-state index contributed by atoms with van der Waals surface area (Å²) in [5.41, 5.74) is 2.02. The van der Waals surface area contributed by atoms with Gasteiger partial charge in [0.1, 0.15) is 11.9 Å². The van der Waals surface area contributed by atoms with E-state index in [4.69, 9.17) is 4.74 Å². The first-order valence-electron chi connectivity index (χ1n) is 6.56. The highest BCUT2D eigenvalue weighted by Crippen LogP contribution is 2.27. The molecule has 0 spiro atoms. The second kappa shape index (κ2) is 7.30. The van der Waals surface area contributed by atoms with Gasteiger partial charge in [0.2, 0.25) is 0 Å². The Balaban J connectivity index is 1.74. The Morgan fingerprint density at radius 2 is 1.91 bits per heavy atom. The van der Waals surface area contributed by atoms with Gasteiger partial charge in [-0.1, -0.05) is 17.7 Å². The minimum atomic E-state index is -5.01. The average Bonchev–Trinajstić information content (AvgIpc) is 2.47. The van der Waals surface area contributed by atoms with Gasteiger partial charge in [0, 0.05) is 13.1 Å². The van der Waals surface area contributed by atoms with E-state index >= 15 is 0 Å². The fourth-order valence-corrected chi connectivity index (χ4v) is 2.33. The quantitative estimate of drug-likeness (QED) is 0.811. The van der Waals surface area contributed by atoms with Crippen molar-refractivity contribution in [1.82, 2.24) is 10.6 Å². The van der Waals surface area contributed by atoms with E-state index in [0.29, 0.717) is 25.9 Å². The van der Waals surface area contributed by atoms with Gasteiger partial charge >= 0.3 is 12.1 Å². The normalized spacial score (nSPS) is 17.3. The van der Waals surface area contributed by atoms with Crippen LogP contribution in [-0.2, 0) is 9.63 Å². The molecule has 1 aromatic rings. The number of hydrogen-bond acceptors (Lipinski definition) is 5. The molecule has 1 aliphatic rings. The number of halogens is 4. The fourth-order valence-electron chi connectivity index (χ4n) is 1.95. The van der Waals surface area contributed by atoms with Gasteiger partial charge in [-0.3, -0.25) is 0 Å². The number of para-hydroxylation sites is 1. The third-order valence-electron chi connectivity index (χ3n) is 3.07. The topological polar surface area (TPSA) is 50.8 Å². The maximum Gasteiger partial charge on any atom is 0.492 e. The largest absolute Gasteiger partial charge is 0.492 e. The molecule has 0 unspecified atom stereocenters. The van der Waals surface area contributed by atoms with Gasteiger partial charge < -0.3 is 9.57 Å². The highest BCUT2D eigenvalue weighted by molar-refractivity contribution is 9.10. The number of carbonyl (C=O) groups is 1. The summed E-state index contributed by atoms with van der Waals surface area (Å²) in [4.78, 5) is 14.6. The lowest BCUT2D eigenvalue weighted by atomic mass is 10.1. The number of alkyl halides is 3. The summed E-state index contributed by atoms with van der Waals surface area (Å²) < 4.78 is 42.6. The Hall–Kier alpha value is -1.32. The summed E-state index contributed by atoms with van der Waals surface area (Å²) in [7, 11) is 0. The van der Waals surface area contributed by atoms with Crippen molar-refractivity contribution in [2.45, 2.75) is 25.1 Å². The third kappa shape index (κ3) is 4.85. The van der Waals surface area contributed by atoms with Gasteiger partial charge in [-0.2, -0.15) is 13.2 Å². The van der Waals surface area contributed by atoms with Gasteiger partial charge in [-0.05, 0) is 40.9 Å². The summed E-state index contributed by atoms with van der Waals surface area (Å²) in [5.74, 6) is -1.54. The van der Waals surface area contributed by atoms with Crippen LogP contribution in [0.1, 0.15) is 12.8 Å². The van der Waals surface area contributed by atoms with Crippen LogP contribution in [0.5, 0.6) is 5.75 Å². The molecular formula is C13H14BrF3N2O3. The molecule has 1 N–H and O–H groups in total. The van der Waals surface area contributed by atoms with Crippen LogP contribution in [0.15, 0.2) is 28.7 Å². The Bertz CT molecular complexity index is 519. The summed E-state index contributed by atoms with van der Waals surface area (Å²) >= 11 is 3.38. The first-order valence-corrected chi connectivity index (χ1v) is 7.35. The van der Waals surface area contributed by atoms with E-state index in [1.54, 1.807) is 0 Å². The highest BCUT2D eigenvalue weighted by Gasteiger charge is 2.41. The molecule has 0 aromatic heterocycles. The number of piperidine rings is 1. The molecule has 1 heterocycles. The van der Waals surface area contributed by atoms with Gasteiger partial charge in [-0.15, -0.1) is 0 Å². The van der Waals surface area contributed by atoms with E-state index in [1.165, 1.54) is 5.01 Å². The Morgan fingerprint density at radius 3 is 2.50 bits per heavy atom. The monoisotopic (exact) mass is 382 g/mol. The molecule has 122 valence electrons. The van der Waals surface area contributed by atoms with E-state index in [1.807, 2.05) is 29.9 Å². The van der Waals surface area contributed by atoms with Gasteiger partial charge in [-0.25, -0.2) is 9.80 Å². The second-order valence-corrected chi connectivity index (χ2v) is 5.57. The van der Waals surface area contributed by atoms with Crippen LogP contribution in [0.3, 0.4) is 0 Å². The number of nitrogens with zero attached hydrogens (tertiary/aromatic N) is 1. The predicted octanol–water partition coefficient (Wildman–Crippen LogP) is 2.82. The summed E-state index contributed by atoms with van der Waals surface area (Å²) in [6, 6.07) is 7.42. The Labute approximate surface area is 133 Å². The standard InChI is InChI=1S/C13H14BrF3N2O3/c14-10-3-1-2-4-11(10)21-9-5-7-19(8-6-9)18-22-12(20)13(15,16)17/h1-4,9,18H,5-8H2. The minimum absolute atomic E-state index is 0.0462. The lowest BCUT2D eigenvalue weighted by molar-refractivity contribution is -0.219. The Kier molecular flexibility index (Phi) is 5.65. The predicted molar refractivity (Wildman–Crippen MR) is 74.6 cm³/mol. The number of hydrazine groups is 1. The number of rotatable bonds is 4. The first kappa shape index (κ1) is 17.0. The molecule has 0 bridgehead atoms. The van der Waals surface area contributed by atoms with Crippen molar-refractivity contribution in [3.05, 3.63) is 28.7 Å². The molecular weight excluding hydrogens is 369 g/mol. The van der Waals surface area contributed by atoms with Crippen LogP contribution in [0.4, 0.5) is 13.2 Å². The van der Waals surface area contributed by atoms with Crippen LogP contribution in [0.25, 0.3) is 0 Å². The lowest BCUT2D eigenvalue weighted by Gasteiger charge is -2.31. The average molecular weight is 383 g/mol. The minimum Gasteiger partial charge on any atom is -0.489 e. The van der Waals surface area contributed by atoms with Crippen molar-refractivity contribution in [1.29, 1.82) is 0 Å². The zero-order chi connectivity index (χ0) is 16.2. The van der Waals surface area contributed by atoms with Gasteiger partial charge in [0.25, 0.3) is 0 Å².